The molecule has 4 rings (SSSR count). The summed E-state index contributed by atoms with van der Waals surface area (Å²) in [4.78, 5) is 12.3. The molecule has 1 N–H and O–H groups in total. The van der Waals surface area contributed by atoms with Crippen LogP contribution in [-0.2, 0) is 0 Å². The van der Waals surface area contributed by atoms with E-state index in [1.165, 1.54) is 0 Å². The van der Waals surface area contributed by atoms with Gasteiger partial charge in [0.15, 0.2) is 5.65 Å². The van der Waals surface area contributed by atoms with Gasteiger partial charge in [-0.25, -0.2) is 14.6 Å². The largest absolute Gasteiger partial charge is 0.497 e. The summed E-state index contributed by atoms with van der Waals surface area (Å²) in [5.41, 5.74) is 5.63. The number of aromatic amines is 1. The van der Waals surface area contributed by atoms with E-state index in [-0.39, 0.29) is 0 Å². The molecule has 0 saturated heterocycles. The highest BCUT2D eigenvalue weighted by atomic mass is 16.5. The second kappa shape index (κ2) is 5.73. The molecule has 0 amide bonds. The molecule has 0 saturated carbocycles. The minimum atomic E-state index is 0.810. The van der Waals surface area contributed by atoms with Crippen LogP contribution >= 0.6 is 0 Å². The van der Waals surface area contributed by atoms with Crippen molar-refractivity contribution < 1.29 is 4.74 Å². The number of nitrogens with zero attached hydrogens (tertiary/aromatic N) is 4. The maximum atomic E-state index is 5.25. The smallest absolute Gasteiger partial charge is 0.164 e. The zero-order valence-corrected chi connectivity index (χ0v) is 14.7. The van der Waals surface area contributed by atoms with Crippen LogP contribution in [0, 0.1) is 20.8 Å². The average molecular weight is 333 g/mol. The lowest BCUT2D eigenvalue weighted by Crippen LogP contribution is -1.99. The Morgan fingerprint density at radius 2 is 1.84 bits per heavy atom. The second-order valence-corrected chi connectivity index (χ2v) is 6.12. The maximum Gasteiger partial charge on any atom is 0.164 e. The monoisotopic (exact) mass is 333 g/mol. The van der Waals surface area contributed by atoms with Gasteiger partial charge < -0.3 is 9.72 Å². The molecule has 0 atom stereocenters. The molecule has 0 spiro atoms. The molecule has 6 nitrogen and oxygen atoms in total. The highest BCUT2D eigenvalue weighted by Gasteiger charge is 2.18. The first-order chi connectivity index (χ1) is 12.1. The van der Waals surface area contributed by atoms with Gasteiger partial charge >= 0.3 is 0 Å². The van der Waals surface area contributed by atoms with Crippen LogP contribution in [0.5, 0.6) is 5.75 Å². The summed E-state index contributed by atoms with van der Waals surface area (Å²) < 4.78 is 7.12. The summed E-state index contributed by atoms with van der Waals surface area (Å²) in [6.45, 7) is 6.02. The molecular weight excluding hydrogens is 314 g/mol. The first kappa shape index (κ1) is 15.4. The number of imidazole rings is 1. The van der Waals surface area contributed by atoms with Gasteiger partial charge in [-0.05, 0) is 56.7 Å². The number of hydrogen-bond acceptors (Lipinski definition) is 4. The molecule has 6 heteroatoms. The predicted molar refractivity (Wildman–Crippen MR) is 97.2 cm³/mol. The fourth-order valence-electron chi connectivity index (χ4n) is 3.09. The molecular formula is C19H19N5O. The highest BCUT2D eigenvalue weighted by Crippen LogP contribution is 2.31. The van der Waals surface area contributed by atoms with Crippen molar-refractivity contribution in [1.82, 2.24) is 24.7 Å². The van der Waals surface area contributed by atoms with E-state index in [9.17, 15) is 0 Å². The van der Waals surface area contributed by atoms with E-state index in [0.717, 1.165) is 50.9 Å². The Morgan fingerprint density at radius 1 is 1.08 bits per heavy atom. The number of nitrogens with one attached hydrogen (secondary N) is 1. The number of pyridine rings is 1. The fraction of sp³-hybridized carbons (Fsp3) is 0.211. The summed E-state index contributed by atoms with van der Waals surface area (Å²) >= 11 is 0. The van der Waals surface area contributed by atoms with Crippen molar-refractivity contribution in [2.45, 2.75) is 20.8 Å². The highest BCUT2D eigenvalue weighted by molar-refractivity contribution is 5.93. The van der Waals surface area contributed by atoms with Gasteiger partial charge in [0.25, 0.3) is 0 Å². The van der Waals surface area contributed by atoms with Crippen LogP contribution in [0.15, 0.2) is 36.5 Å². The van der Waals surface area contributed by atoms with Crippen molar-refractivity contribution in [3.63, 3.8) is 0 Å². The fourth-order valence-corrected chi connectivity index (χ4v) is 3.09. The third-order valence-corrected chi connectivity index (χ3v) is 4.24. The minimum absolute atomic E-state index is 0.810. The van der Waals surface area contributed by atoms with Gasteiger partial charge in [0, 0.05) is 5.69 Å². The van der Waals surface area contributed by atoms with Crippen molar-refractivity contribution >= 4 is 11.0 Å². The summed E-state index contributed by atoms with van der Waals surface area (Å²) in [5, 5.41) is 5.88. The van der Waals surface area contributed by atoms with Crippen molar-refractivity contribution in [3.8, 4) is 22.8 Å². The third kappa shape index (κ3) is 2.55. The van der Waals surface area contributed by atoms with Crippen LogP contribution in [0.25, 0.3) is 28.1 Å². The number of aryl methyl sites for hydroxylation is 3. The topological polar surface area (TPSA) is 68.6 Å². The molecule has 3 aromatic heterocycles. The van der Waals surface area contributed by atoms with Crippen molar-refractivity contribution in [2.75, 3.05) is 7.11 Å². The SMILES string of the molecule is COc1ccc(-n2nc(-c3cnc(C)[nH]3)c3c(C)cc(C)nc32)cc1. The Hall–Kier alpha value is -3.15. The van der Waals surface area contributed by atoms with Crippen molar-refractivity contribution in [3.05, 3.63) is 53.6 Å². The summed E-state index contributed by atoms with van der Waals surface area (Å²) in [7, 11) is 1.66. The first-order valence-electron chi connectivity index (χ1n) is 8.10. The molecule has 0 aliphatic rings. The number of ether oxygens (including phenoxy) is 1. The molecule has 3 heterocycles. The minimum Gasteiger partial charge on any atom is -0.497 e. The maximum absolute atomic E-state index is 5.25. The molecule has 0 aliphatic carbocycles. The molecule has 4 aromatic rings. The Bertz CT molecular complexity index is 1060. The lowest BCUT2D eigenvalue weighted by Gasteiger charge is -2.05. The van der Waals surface area contributed by atoms with Gasteiger partial charge in [-0.2, -0.15) is 5.10 Å². The molecule has 0 unspecified atom stereocenters. The Morgan fingerprint density at radius 3 is 2.48 bits per heavy atom. The van der Waals surface area contributed by atoms with Crippen molar-refractivity contribution in [2.24, 2.45) is 0 Å². The van der Waals surface area contributed by atoms with Gasteiger partial charge in [-0.3, -0.25) is 0 Å². The van der Waals surface area contributed by atoms with Gasteiger partial charge in [0.2, 0.25) is 0 Å². The zero-order chi connectivity index (χ0) is 17.6. The standard InChI is InChI=1S/C19H19N5O/c1-11-9-12(2)21-19-17(11)18(16-10-20-13(3)22-16)23-24(19)14-5-7-15(25-4)8-6-14/h5-10H,1-4H3,(H,20,22). The van der Waals surface area contributed by atoms with E-state index in [2.05, 4.69) is 23.0 Å². The van der Waals surface area contributed by atoms with Crippen LogP contribution in [-0.4, -0.2) is 31.8 Å². The average Bonchev–Trinajstić information content (AvgIpc) is 3.18. The zero-order valence-electron chi connectivity index (χ0n) is 14.7. The summed E-state index contributed by atoms with van der Waals surface area (Å²) in [6, 6.07) is 9.88. The molecule has 0 radical (unpaired) electrons. The lowest BCUT2D eigenvalue weighted by molar-refractivity contribution is 0.414. The quantitative estimate of drug-likeness (QED) is 0.620. The summed E-state index contributed by atoms with van der Waals surface area (Å²) in [6.07, 6.45) is 1.81. The van der Waals surface area contributed by atoms with Crippen molar-refractivity contribution in [1.29, 1.82) is 0 Å². The predicted octanol–water partition coefficient (Wildman–Crippen LogP) is 3.74. The number of methoxy groups -OCH3 is 1. The molecule has 0 bridgehead atoms. The number of H-pyrrole nitrogens is 1. The second-order valence-electron chi connectivity index (χ2n) is 6.12. The number of hydrogen-bond donors (Lipinski definition) is 1. The Balaban J connectivity index is 2.00. The van der Waals surface area contributed by atoms with Crippen LogP contribution in [0.3, 0.4) is 0 Å². The lowest BCUT2D eigenvalue weighted by atomic mass is 10.1. The van der Waals surface area contributed by atoms with Crippen LogP contribution < -0.4 is 4.74 Å². The number of aromatic nitrogens is 5. The van der Waals surface area contributed by atoms with Gasteiger partial charge in [-0.1, -0.05) is 0 Å². The number of fused-ring (bicyclic) bond motifs is 1. The molecule has 0 fully saturated rings. The van der Waals surface area contributed by atoms with E-state index < -0.39 is 0 Å². The molecule has 25 heavy (non-hydrogen) atoms. The van der Waals surface area contributed by atoms with E-state index in [1.54, 1.807) is 7.11 Å². The Labute approximate surface area is 145 Å². The van der Waals surface area contributed by atoms with E-state index in [1.807, 2.05) is 49.0 Å². The third-order valence-electron chi connectivity index (χ3n) is 4.24. The molecule has 126 valence electrons. The first-order valence-corrected chi connectivity index (χ1v) is 8.10. The van der Waals surface area contributed by atoms with Crippen LogP contribution in [0.2, 0.25) is 0 Å². The van der Waals surface area contributed by atoms with E-state index in [0.29, 0.717) is 0 Å². The van der Waals surface area contributed by atoms with Gasteiger partial charge in [-0.15, -0.1) is 0 Å². The Kier molecular flexibility index (Phi) is 3.53. The summed E-state index contributed by atoms with van der Waals surface area (Å²) in [5.74, 6) is 1.67. The van der Waals surface area contributed by atoms with Gasteiger partial charge in [0.1, 0.15) is 17.3 Å². The van der Waals surface area contributed by atoms with Crippen LogP contribution in [0.1, 0.15) is 17.1 Å². The van der Waals surface area contributed by atoms with E-state index in [4.69, 9.17) is 14.8 Å². The van der Waals surface area contributed by atoms with Crippen LogP contribution in [0.4, 0.5) is 0 Å². The number of rotatable bonds is 3. The molecule has 0 aliphatic heterocycles. The molecule has 1 aromatic carbocycles. The normalized spacial score (nSPS) is 11.2. The number of benzene rings is 1. The van der Waals surface area contributed by atoms with Gasteiger partial charge in [0.05, 0.1) is 30.1 Å². The van der Waals surface area contributed by atoms with E-state index >= 15 is 0 Å².